The van der Waals surface area contributed by atoms with Crippen LogP contribution in [0.5, 0.6) is 0 Å². The van der Waals surface area contributed by atoms with E-state index in [2.05, 4.69) is 10.4 Å². The van der Waals surface area contributed by atoms with Gasteiger partial charge >= 0.3 is 0 Å². The summed E-state index contributed by atoms with van der Waals surface area (Å²) in [5.74, 6) is -1.17. The number of nitrogens with one attached hydrogen (secondary N) is 1. The van der Waals surface area contributed by atoms with Gasteiger partial charge in [0.2, 0.25) is 5.78 Å². The van der Waals surface area contributed by atoms with Crippen molar-refractivity contribution in [2.24, 2.45) is 0 Å². The average molecular weight is 306 g/mol. The van der Waals surface area contributed by atoms with Crippen LogP contribution in [0.25, 0.3) is 0 Å². The van der Waals surface area contributed by atoms with Crippen molar-refractivity contribution in [2.45, 2.75) is 27.3 Å². The summed E-state index contributed by atoms with van der Waals surface area (Å²) in [5.41, 5.74) is 2.95. The second kappa shape index (κ2) is 6.10. The van der Waals surface area contributed by atoms with Crippen molar-refractivity contribution in [1.29, 1.82) is 0 Å². The predicted molar refractivity (Wildman–Crippen MR) is 81.6 cm³/mol. The van der Waals surface area contributed by atoms with Crippen LogP contribution in [0.4, 0.5) is 5.69 Å². The normalized spacial score (nSPS) is 10.5. The number of benzene rings is 1. The third-order valence-corrected chi connectivity index (χ3v) is 3.59. The first kappa shape index (κ1) is 15.3. The first-order valence-corrected chi connectivity index (χ1v) is 6.87. The number of carbonyl (C=O) groups excluding carboxylic acids is 2. The number of anilines is 1. The molecule has 1 amide bonds. The lowest BCUT2D eigenvalue weighted by molar-refractivity contribution is -0.133. The monoisotopic (exact) mass is 305 g/mol. The Morgan fingerprint density at radius 3 is 2.57 bits per heavy atom. The highest BCUT2D eigenvalue weighted by molar-refractivity contribution is 6.39. The Balaban J connectivity index is 2.29. The van der Waals surface area contributed by atoms with E-state index in [0.29, 0.717) is 22.9 Å². The Morgan fingerprint density at radius 2 is 1.95 bits per heavy atom. The number of ketones is 1. The second-order valence-electron chi connectivity index (χ2n) is 4.81. The maximum Gasteiger partial charge on any atom is 0.291 e. The van der Waals surface area contributed by atoms with Gasteiger partial charge in [0, 0.05) is 11.9 Å². The molecule has 0 saturated heterocycles. The molecule has 0 atom stereocenters. The standard InChI is InChI=1S/C15H16ClN3O2/c1-9-14(17-15(21)11(3)20)10(2)19(18-9)8-12-6-4-5-7-13(12)16/h4-7H,8H2,1-3H3,(H,17,21). The summed E-state index contributed by atoms with van der Waals surface area (Å²) in [6.07, 6.45) is 0. The number of amides is 1. The Bertz CT molecular complexity index is 707. The Morgan fingerprint density at radius 1 is 1.29 bits per heavy atom. The molecule has 0 saturated carbocycles. The van der Waals surface area contributed by atoms with Crippen LogP contribution in [0.2, 0.25) is 5.02 Å². The van der Waals surface area contributed by atoms with Crippen LogP contribution in [-0.4, -0.2) is 21.5 Å². The van der Waals surface area contributed by atoms with Gasteiger partial charge in [-0.25, -0.2) is 0 Å². The lowest BCUT2D eigenvalue weighted by Crippen LogP contribution is -2.20. The minimum Gasteiger partial charge on any atom is -0.316 e. The van der Waals surface area contributed by atoms with Crippen LogP contribution >= 0.6 is 11.6 Å². The fraction of sp³-hybridized carbons (Fsp3) is 0.267. The number of hydrogen-bond donors (Lipinski definition) is 1. The molecule has 0 aliphatic heterocycles. The average Bonchev–Trinajstić information content (AvgIpc) is 2.69. The van der Waals surface area contributed by atoms with Crippen LogP contribution < -0.4 is 5.32 Å². The van der Waals surface area contributed by atoms with Gasteiger partial charge in [-0.2, -0.15) is 5.10 Å². The SMILES string of the molecule is CC(=O)C(=O)Nc1c(C)nn(Cc2ccccc2Cl)c1C. The maximum absolute atomic E-state index is 11.5. The summed E-state index contributed by atoms with van der Waals surface area (Å²) in [7, 11) is 0. The first-order valence-electron chi connectivity index (χ1n) is 6.49. The molecule has 5 nitrogen and oxygen atoms in total. The van der Waals surface area contributed by atoms with Gasteiger partial charge in [-0.1, -0.05) is 29.8 Å². The Hall–Kier alpha value is -2.14. The lowest BCUT2D eigenvalue weighted by atomic mass is 10.2. The van der Waals surface area contributed by atoms with Gasteiger partial charge in [0.15, 0.2) is 0 Å². The number of aromatic nitrogens is 2. The predicted octanol–water partition coefficient (Wildman–Crippen LogP) is 2.73. The van der Waals surface area contributed by atoms with Gasteiger partial charge in [0.25, 0.3) is 5.91 Å². The van der Waals surface area contributed by atoms with E-state index in [9.17, 15) is 9.59 Å². The molecule has 0 aliphatic carbocycles. The quantitative estimate of drug-likeness (QED) is 0.883. The van der Waals surface area contributed by atoms with Crippen molar-refractivity contribution >= 4 is 29.0 Å². The Kier molecular flexibility index (Phi) is 4.43. The van der Waals surface area contributed by atoms with Crippen LogP contribution in [0.3, 0.4) is 0 Å². The number of rotatable bonds is 4. The van der Waals surface area contributed by atoms with Crippen molar-refractivity contribution in [3.05, 3.63) is 46.2 Å². The summed E-state index contributed by atoms with van der Waals surface area (Å²) in [6.45, 7) is 5.36. The zero-order valence-electron chi connectivity index (χ0n) is 12.1. The molecule has 6 heteroatoms. The van der Waals surface area contributed by atoms with E-state index >= 15 is 0 Å². The molecule has 0 bridgehead atoms. The van der Waals surface area contributed by atoms with E-state index in [1.54, 1.807) is 11.6 Å². The zero-order chi connectivity index (χ0) is 15.6. The third kappa shape index (κ3) is 3.31. The van der Waals surface area contributed by atoms with Gasteiger partial charge in [0.05, 0.1) is 23.6 Å². The van der Waals surface area contributed by atoms with E-state index in [-0.39, 0.29) is 0 Å². The topological polar surface area (TPSA) is 64.0 Å². The number of carbonyl (C=O) groups is 2. The van der Waals surface area contributed by atoms with E-state index in [4.69, 9.17) is 11.6 Å². The highest BCUT2D eigenvalue weighted by Crippen LogP contribution is 2.22. The summed E-state index contributed by atoms with van der Waals surface area (Å²) < 4.78 is 1.76. The van der Waals surface area contributed by atoms with Gasteiger partial charge in [-0.3, -0.25) is 14.3 Å². The highest BCUT2D eigenvalue weighted by Gasteiger charge is 2.16. The molecule has 1 N–H and O–H groups in total. The van der Waals surface area contributed by atoms with Crippen LogP contribution in [0.1, 0.15) is 23.9 Å². The van der Waals surface area contributed by atoms with Crippen LogP contribution in [0, 0.1) is 13.8 Å². The van der Waals surface area contributed by atoms with Gasteiger partial charge in [-0.15, -0.1) is 0 Å². The number of Topliss-reactive ketones (excluding diaryl/α,β-unsaturated/α-hetero) is 1. The summed E-state index contributed by atoms with van der Waals surface area (Å²) in [6, 6.07) is 7.52. The minimum absolute atomic E-state index is 0.502. The van der Waals surface area contributed by atoms with Crippen molar-refractivity contribution in [1.82, 2.24) is 9.78 Å². The fourth-order valence-electron chi connectivity index (χ4n) is 2.02. The number of halogens is 1. The number of nitrogens with zero attached hydrogens (tertiary/aromatic N) is 2. The summed E-state index contributed by atoms with van der Waals surface area (Å²) in [5, 5.41) is 7.65. The summed E-state index contributed by atoms with van der Waals surface area (Å²) in [4.78, 5) is 22.6. The molecule has 21 heavy (non-hydrogen) atoms. The maximum atomic E-state index is 11.5. The zero-order valence-corrected chi connectivity index (χ0v) is 12.9. The van der Waals surface area contributed by atoms with Crippen molar-refractivity contribution in [3.8, 4) is 0 Å². The van der Waals surface area contributed by atoms with Crippen LogP contribution in [0.15, 0.2) is 24.3 Å². The largest absolute Gasteiger partial charge is 0.316 e. The van der Waals surface area contributed by atoms with Gasteiger partial charge < -0.3 is 5.32 Å². The van der Waals surface area contributed by atoms with E-state index in [1.807, 2.05) is 31.2 Å². The third-order valence-electron chi connectivity index (χ3n) is 3.22. The lowest BCUT2D eigenvalue weighted by Gasteiger charge is -2.07. The van der Waals surface area contributed by atoms with Gasteiger partial charge in [-0.05, 0) is 25.5 Å². The second-order valence-corrected chi connectivity index (χ2v) is 5.21. The molecule has 0 spiro atoms. The number of hydrogen-bond acceptors (Lipinski definition) is 3. The Labute approximate surface area is 127 Å². The molecule has 1 aromatic carbocycles. The van der Waals surface area contributed by atoms with Crippen molar-refractivity contribution in [3.63, 3.8) is 0 Å². The molecule has 1 aromatic heterocycles. The molecule has 0 unspecified atom stereocenters. The van der Waals surface area contributed by atoms with Crippen molar-refractivity contribution < 1.29 is 9.59 Å². The molecular formula is C15H16ClN3O2. The molecule has 1 heterocycles. The van der Waals surface area contributed by atoms with Gasteiger partial charge in [0.1, 0.15) is 0 Å². The van der Waals surface area contributed by atoms with Crippen LogP contribution in [-0.2, 0) is 16.1 Å². The fourth-order valence-corrected chi connectivity index (χ4v) is 2.22. The minimum atomic E-state index is -0.640. The molecule has 0 aliphatic rings. The van der Waals surface area contributed by atoms with E-state index in [0.717, 1.165) is 11.3 Å². The first-order chi connectivity index (χ1) is 9.90. The highest BCUT2D eigenvalue weighted by atomic mass is 35.5. The van der Waals surface area contributed by atoms with Crippen molar-refractivity contribution in [2.75, 3.05) is 5.32 Å². The molecule has 2 aromatic rings. The molecule has 110 valence electrons. The smallest absolute Gasteiger partial charge is 0.291 e. The van der Waals surface area contributed by atoms with E-state index in [1.165, 1.54) is 6.92 Å². The molecular weight excluding hydrogens is 290 g/mol. The molecule has 0 fully saturated rings. The number of aryl methyl sites for hydroxylation is 1. The van der Waals surface area contributed by atoms with E-state index < -0.39 is 11.7 Å². The summed E-state index contributed by atoms with van der Waals surface area (Å²) >= 11 is 6.14. The molecule has 0 radical (unpaired) electrons. The molecule has 2 rings (SSSR count).